The van der Waals surface area contributed by atoms with Gasteiger partial charge in [0.15, 0.2) is 0 Å². The van der Waals surface area contributed by atoms with E-state index >= 15 is 0 Å². The summed E-state index contributed by atoms with van der Waals surface area (Å²) >= 11 is 6.89. The van der Waals surface area contributed by atoms with E-state index in [0.717, 1.165) is 51.9 Å². The molecule has 1 saturated carbocycles. The van der Waals surface area contributed by atoms with Gasteiger partial charge in [0.2, 0.25) is 0 Å². The topological polar surface area (TPSA) is 61.2 Å². The zero-order valence-corrected chi connectivity index (χ0v) is 19.8. The molecule has 0 atom stereocenters. The lowest BCUT2D eigenvalue weighted by Crippen LogP contribution is -2.45. The monoisotopic (exact) mass is 469 g/mol. The standard InChI is InChI=1S/C23H27N5O2S2/c1-25-11-13-26(14-12-25)20-17(21(29)27-10-6-5-9-19(27)24-20)15-18-22(30)28(23(31)32-18)16-7-3-2-4-8-16/h5-6,9-10,15-16H,2-4,7-8,11-14H2,1H3/b18-15+. The largest absolute Gasteiger partial charge is 0.353 e. The number of amides is 1. The average molecular weight is 470 g/mol. The Morgan fingerprint density at radius 1 is 1.09 bits per heavy atom. The Balaban J connectivity index is 1.57. The summed E-state index contributed by atoms with van der Waals surface area (Å²) in [5, 5.41) is 0. The first kappa shape index (κ1) is 21.6. The first-order valence-electron chi connectivity index (χ1n) is 11.2. The van der Waals surface area contributed by atoms with Crippen LogP contribution in [0.15, 0.2) is 34.1 Å². The minimum Gasteiger partial charge on any atom is -0.353 e. The molecule has 0 bridgehead atoms. The second-order valence-corrected chi connectivity index (χ2v) is 10.4. The van der Waals surface area contributed by atoms with Crippen LogP contribution in [0.2, 0.25) is 0 Å². The quantitative estimate of drug-likeness (QED) is 0.506. The van der Waals surface area contributed by atoms with E-state index in [1.807, 2.05) is 18.2 Å². The molecule has 7 nitrogen and oxygen atoms in total. The lowest BCUT2D eigenvalue weighted by molar-refractivity contribution is -0.124. The van der Waals surface area contributed by atoms with Crippen LogP contribution >= 0.6 is 24.0 Å². The Morgan fingerprint density at radius 3 is 2.59 bits per heavy atom. The smallest absolute Gasteiger partial charge is 0.267 e. The van der Waals surface area contributed by atoms with Gasteiger partial charge in [0.05, 0.1) is 10.5 Å². The number of anilines is 1. The van der Waals surface area contributed by atoms with Crippen molar-refractivity contribution in [2.75, 3.05) is 38.1 Å². The molecule has 3 aliphatic rings. The number of thiocarbonyl (C=S) groups is 1. The van der Waals surface area contributed by atoms with Gasteiger partial charge < -0.3 is 9.80 Å². The van der Waals surface area contributed by atoms with Crippen LogP contribution in [0, 0.1) is 0 Å². The van der Waals surface area contributed by atoms with Gasteiger partial charge in [-0.25, -0.2) is 4.98 Å². The number of hydrogen-bond acceptors (Lipinski definition) is 7. The van der Waals surface area contributed by atoms with Crippen LogP contribution in [0.1, 0.15) is 37.7 Å². The van der Waals surface area contributed by atoms with E-state index in [-0.39, 0.29) is 17.5 Å². The zero-order valence-electron chi connectivity index (χ0n) is 18.2. The third-order valence-corrected chi connectivity index (χ3v) is 7.92. The lowest BCUT2D eigenvalue weighted by Gasteiger charge is -2.34. The van der Waals surface area contributed by atoms with Crippen molar-refractivity contribution in [2.24, 2.45) is 0 Å². The van der Waals surface area contributed by atoms with Gasteiger partial charge in [0.1, 0.15) is 15.8 Å². The van der Waals surface area contributed by atoms with E-state index in [1.54, 1.807) is 21.6 Å². The molecule has 168 valence electrons. The number of hydrogen-bond donors (Lipinski definition) is 0. The first-order chi connectivity index (χ1) is 15.5. The van der Waals surface area contributed by atoms with Crippen LogP contribution in [0.5, 0.6) is 0 Å². The van der Waals surface area contributed by atoms with Crippen molar-refractivity contribution in [3.05, 3.63) is 45.2 Å². The minimum absolute atomic E-state index is 0.0752. The molecule has 1 amide bonds. The number of piperazine rings is 1. The summed E-state index contributed by atoms with van der Waals surface area (Å²) in [5.74, 6) is 0.575. The molecule has 3 fully saturated rings. The molecule has 2 aliphatic heterocycles. The Labute approximate surface area is 197 Å². The predicted molar refractivity (Wildman–Crippen MR) is 133 cm³/mol. The number of likely N-dealkylation sites (N-methyl/N-ethyl adjacent to an activating group) is 1. The Hall–Kier alpha value is -2.23. The Kier molecular flexibility index (Phi) is 6.05. The van der Waals surface area contributed by atoms with Crippen molar-refractivity contribution in [3.8, 4) is 0 Å². The van der Waals surface area contributed by atoms with Crippen LogP contribution < -0.4 is 10.5 Å². The lowest BCUT2D eigenvalue weighted by atomic mass is 9.94. The summed E-state index contributed by atoms with van der Waals surface area (Å²) in [7, 11) is 2.09. The molecule has 9 heteroatoms. The molecular formula is C23H27N5O2S2. The van der Waals surface area contributed by atoms with Crippen LogP contribution in [0.3, 0.4) is 0 Å². The third-order valence-electron chi connectivity index (χ3n) is 6.59. The van der Waals surface area contributed by atoms with Gasteiger partial charge in [-0.05, 0) is 38.1 Å². The zero-order chi connectivity index (χ0) is 22.2. The van der Waals surface area contributed by atoms with Crippen molar-refractivity contribution in [3.63, 3.8) is 0 Å². The maximum absolute atomic E-state index is 13.5. The maximum Gasteiger partial charge on any atom is 0.267 e. The molecule has 0 spiro atoms. The summed E-state index contributed by atoms with van der Waals surface area (Å²) in [5.41, 5.74) is 0.910. The summed E-state index contributed by atoms with van der Waals surface area (Å²) in [4.78, 5) is 38.4. The highest BCUT2D eigenvalue weighted by Gasteiger charge is 2.38. The van der Waals surface area contributed by atoms with Gasteiger partial charge in [-0.1, -0.05) is 49.3 Å². The van der Waals surface area contributed by atoms with E-state index in [9.17, 15) is 9.59 Å². The molecule has 32 heavy (non-hydrogen) atoms. The summed E-state index contributed by atoms with van der Waals surface area (Å²) < 4.78 is 2.15. The maximum atomic E-state index is 13.5. The normalized spacial score (nSPS) is 22.5. The summed E-state index contributed by atoms with van der Waals surface area (Å²) in [6.45, 7) is 3.38. The first-order valence-corrected chi connectivity index (χ1v) is 12.5. The highest BCUT2D eigenvalue weighted by atomic mass is 32.2. The molecule has 0 radical (unpaired) electrons. The van der Waals surface area contributed by atoms with Crippen molar-refractivity contribution >= 4 is 51.7 Å². The highest BCUT2D eigenvalue weighted by Crippen LogP contribution is 2.37. The number of aromatic nitrogens is 2. The van der Waals surface area contributed by atoms with Gasteiger partial charge in [-0.2, -0.15) is 0 Å². The van der Waals surface area contributed by atoms with E-state index in [0.29, 0.717) is 26.3 Å². The molecule has 2 aromatic heterocycles. The fraction of sp³-hybridized carbons (Fsp3) is 0.478. The number of fused-ring (bicyclic) bond motifs is 1. The molecule has 0 unspecified atom stereocenters. The van der Waals surface area contributed by atoms with E-state index in [2.05, 4.69) is 16.8 Å². The third kappa shape index (κ3) is 3.97. The molecule has 2 aromatic rings. The number of thioether (sulfide) groups is 1. The molecule has 2 saturated heterocycles. The number of nitrogens with zero attached hydrogens (tertiary/aromatic N) is 5. The molecule has 0 aromatic carbocycles. The highest BCUT2D eigenvalue weighted by molar-refractivity contribution is 8.26. The van der Waals surface area contributed by atoms with Crippen LogP contribution in [0.4, 0.5) is 5.82 Å². The SMILES string of the molecule is CN1CCN(c2nc3ccccn3c(=O)c2/C=C2/SC(=S)N(C3CCCCC3)C2=O)CC1. The fourth-order valence-corrected chi connectivity index (χ4v) is 6.12. The molecule has 4 heterocycles. The second-order valence-electron chi connectivity index (χ2n) is 8.72. The molecule has 0 N–H and O–H groups in total. The summed E-state index contributed by atoms with van der Waals surface area (Å²) in [6, 6.07) is 5.71. The van der Waals surface area contributed by atoms with Crippen molar-refractivity contribution in [2.45, 2.75) is 38.1 Å². The van der Waals surface area contributed by atoms with E-state index < -0.39 is 0 Å². The van der Waals surface area contributed by atoms with Crippen molar-refractivity contribution < 1.29 is 4.79 Å². The van der Waals surface area contributed by atoms with Gasteiger partial charge >= 0.3 is 0 Å². The van der Waals surface area contributed by atoms with Gasteiger partial charge in [0.25, 0.3) is 11.5 Å². The van der Waals surface area contributed by atoms with E-state index in [1.165, 1.54) is 18.2 Å². The number of carbonyl (C=O) groups excluding carboxylic acids is 1. The van der Waals surface area contributed by atoms with E-state index in [4.69, 9.17) is 17.2 Å². The fourth-order valence-electron chi connectivity index (χ4n) is 4.74. The molecular weight excluding hydrogens is 442 g/mol. The van der Waals surface area contributed by atoms with Crippen LogP contribution in [-0.4, -0.2) is 68.7 Å². The van der Waals surface area contributed by atoms with Crippen molar-refractivity contribution in [1.29, 1.82) is 0 Å². The van der Waals surface area contributed by atoms with Gasteiger partial charge in [-0.3, -0.25) is 18.9 Å². The number of carbonyl (C=O) groups is 1. The Bertz CT molecular complexity index is 1150. The van der Waals surface area contributed by atoms with Crippen molar-refractivity contribution in [1.82, 2.24) is 19.2 Å². The van der Waals surface area contributed by atoms with Crippen LogP contribution in [0.25, 0.3) is 11.7 Å². The molecule has 1 aliphatic carbocycles. The number of rotatable bonds is 3. The van der Waals surface area contributed by atoms with Gasteiger partial charge in [-0.15, -0.1) is 0 Å². The summed E-state index contributed by atoms with van der Waals surface area (Å²) in [6.07, 6.45) is 8.91. The Morgan fingerprint density at radius 2 is 1.84 bits per heavy atom. The predicted octanol–water partition coefficient (Wildman–Crippen LogP) is 2.98. The minimum atomic E-state index is -0.160. The van der Waals surface area contributed by atoms with Gasteiger partial charge in [0, 0.05) is 38.4 Å². The second kappa shape index (κ2) is 8.96. The van der Waals surface area contributed by atoms with Crippen LogP contribution in [-0.2, 0) is 4.79 Å². The molecule has 5 rings (SSSR count). The average Bonchev–Trinajstić information content (AvgIpc) is 3.09. The number of pyridine rings is 1.